The van der Waals surface area contributed by atoms with Gasteiger partial charge < -0.3 is 5.32 Å². The van der Waals surface area contributed by atoms with Gasteiger partial charge in [-0.15, -0.1) is 0 Å². The molecule has 1 aromatic carbocycles. The molecule has 1 atom stereocenters. The molecule has 0 amide bonds. The lowest BCUT2D eigenvalue weighted by molar-refractivity contribution is 0.602. The average molecular weight is 310 g/mol. The van der Waals surface area contributed by atoms with Crippen molar-refractivity contribution in [1.82, 2.24) is 15.2 Å². The van der Waals surface area contributed by atoms with Gasteiger partial charge in [-0.2, -0.15) is 5.10 Å². The van der Waals surface area contributed by atoms with E-state index in [-0.39, 0.29) is 17.5 Å². The fourth-order valence-corrected chi connectivity index (χ4v) is 4.49. The van der Waals surface area contributed by atoms with E-state index in [1.54, 1.807) is 0 Å². The summed E-state index contributed by atoms with van der Waals surface area (Å²) in [4.78, 5) is 5.09. The minimum Gasteiger partial charge on any atom is -0.381 e. The van der Waals surface area contributed by atoms with Crippen molar-refractivity contribution in [1.29, 1.82) is 0 Å². The SMILES string of the molecule is O=S1(=O)CCC(Nc2ccc(Sc3ncn[nH]3)cc2)C1. The first-order valence-electron chi connectivity index (χ1n) is 6.21. The standard InChI is InChI=1S/C12H14N4O2S2/c17-20(18)6-5-10(7-20)15-9-1-3-11(4-2-9)19-12-13-8-14-16-12/h1-4,8,10,15H,5-7H2,(H,13,14,16). The van der Waals surface area contributed by atoms with Gasteiger partial charge in [-0.1, -0.05) is 11.8 Å². The van der Waals surface area contributed by atoms with E-state index in [9.17, 15) is 8.42 Å². The predicted molar refractivity (Wildman–Crippen MR) is 77.6 cm³/mol. The zero-order valence-electron chi connectivity index (χ0n) is 10.6. The van der Waals surface area contributed by atoms with Crippen LogP contribution in [0.4, 0.5) is 5.69 Å². The predicted octanol–water partition coefficient (Wildman–Crippen LogP) is 1.55. The van der Waals surface area contributed by atoms with Crippen molar-refractivity contribution in [3.63, 3.8) is 0 Å². The smallest absolute Gasteiger partial charge is 0.188 e. The molecule has 1 fully saturated rings. The van der Waals surface area contributed by atoms with E-state index in [1.165, 1.54) is 18.1 Å². The number of sulfone groups is 1. The Morgan fingerprint density at radius 2 is 2.10 bits per heavy atom. The zero-order valence-corrected chi connectivity index (χ0v) is 12.2. The van der Waals surface area contributed by atoms with E-state index in [4.69, 9.17) is 0 Å². The maximum Gasteiger partial charge on any atom is 0.188 e. The Bertz CT molecular complexity index is 668. The number of benzene rings is 1. The third-order valence-electron chi connectivity index (χ3n) is 3.06. The lowest BCUT2D eigenvalue weighted by Crippen LogP contribution is -2.20. The lowest BCUT2D eigenvalue weighted by atomic mass is 10.2. The summed E-state index contributed by atoms with van der Waals surface area (Å²) in [6.07, 6.45) is 2.15. The fourth-order valence-electron chi connectivity index (χ4n) is 2.12. The second kappa shape index (κ2) is 5.45. The van der Waals surface area contributed by atoms with Gasteiger partial charge in [0.05, 0.1) is 11.5 Å². The van der Waals surface area contributed by atoms with E-state index in [0.717, 1.165) is 15.7 Å². The molecule has 2 N–H and O–H groups in total. The van der Waals surface area contributed by atoms with Crippen molar-refractivity contribution in [2.24, 2.45) is 0 Å². The molecule has 0 aliphatic carbocycles. The molecule has 0 saturated carbocycles. The Labute approximate surface area is 121 Å². The maximum atomic E-state index is 11.4. The average Bonchev–Trinajstić information content (AvgIpc) is 3.02. The molecule has 3 rings (SSSR count). The van der Waals surface area contributed by atoms with Crippen LogP contribution in [0.3, 0.4) is 0 Å². The second-order valence-electron chi connectivity index (χ2n) is 4.66. The van der Waals surface area contributed by atoms with Crippen LogP contribution in [0.5, 0.6) is 0 Å². The topological polar surface area (TPSA) is 87.7 Å². The molecular weight excluding hydrogens is 296 g/mol. The van der Waals surface area contributed by atoms with E-state index < -0.39 is 9.84 Å². The van der Waals surface area contributed by atoms with E-state index in [2.05, 4.69) is 20.5 Å². The Morgan fingerprint density at radius 3 is 2.70 bits per heavy atom. The van der Waals surface area contributed by atoms with Crippen molar-refractivity contribution in [2.45, 2.75) is 22.5 Å². The molecule has 20 heavy (non-hydrogen) atoms. The van der Waals surface area contributed by atoms with Gasteiger partial charge >= 0.3 is 0 Å². The monoisotopic (exact) mass is 310 g/mol. The van der Waals surface area contributed by atoms with E-state index >= 15 is 0 Å². The van der Waals surface area contributed by atoms with Gasteiger partial charge in [0.25, 0.3) is 0 Å². The first-order valence-corrected chi connectivity index (χ1v) is 8.85. The van der Waals surface area contributed by atoms with Gasteiger partial charge in [0.1, 0.15) is 6.33 Å². The van der Waals surface area contributed by atoms with Crippen LogP contribution in [0, 0.1) is 0 Å². The number of H-pyrrole nitrogens is 1. The molecule has 8 heteroatoms. The zero-order chi connectivity index (χ0) is 14.0. The van der Waals surface area contributed by atoms with Crippen molar-refractivity contribution in [2.75, 3.05) is 16.8 Å². The van der Waals surface area contributed by atoms with Crippen LogP contribution in [0.2, 0.25) is 0 Å². The summed E-state index contributed by atoms with van der Waals surface area (Å²) in [6.45, 7) is 0. The molecule has 1 aromatic heterocycles. The quantitative estimate of drug-likeness (QED) is 0.891. The van der Waals surface area contributed by atoms with Crippen LogP contribution in [0.1, 0.15) is 6.42 Å². The van der Waals surface area contributed by atoms with Crippen molar-refractivity contribution >= 4 is 27.3 Å². The number of nitrogens with zero attached hydrogens (tertiary/aromatic N) is 2. The molecule has 1 aliphatic rings. The lowest BCUT2D eigenvalue weighted by Gasteiger charge is -2.12. The first kappa shape index (κ1) is 13.4. The summed E-state index contributed by atoms with van der Waals surface area (Å²) in [5.41, 5.74) is 0.939. The Balaban J connectivity index is 1.62. The van der Waals surface area contributed by atoms with Crippen molar-refractivity contribution in [3.05, 3.63) is 30.6 Å². The van der Waals surface area contributed by atoms with Crippen molar-refractivity contribution < 1.29 is 8.42 Å². The normalized spacial score (nSPS) is 20.9. The minimum atomic E-state index is -2.84. The van der Waals surface area contributed by atoms with Crippen LogP contribution in [-0.2, 0) is 9.84 Å². The highest BCUT2D eigenvalue weighted by atomic mass is 32.2. The van der Waals surface area contributed by atoms with Crippen LogP contribution in [0.15, 0.2) is 40.6 Å². The molecule has 1 unspecified atom stereocenters. The van der Waals surface area contributed by atoms with Gasteiger partial charge in [-0.3, -0.25) is 5.10 Å². The summed E-state index contributed by atoms with van der Waals surface area (Å²) < 4.78 is 22.8. The Morgan fingerprint density at radius 1 is 1.30 bits per heavy atom. The minimum absolute atomic E-state index is 0.0211. The van der Waals surface area contributed by atoms with E-state index in [0.29, 0.717) is 6.42 Å². The second-order valence-corrected chi connectivity index (χ2v) is 7.95. The van der Waals surface area contributed by atoms with Crippen LogP contribution in [0.25, 0.3) is 0 Å². The number of hydrogen-bond donors (Lipinski definition) is 2. The van der Waals surface area contributed by atoms with Gasteiger partial charge in [0.2, 0.25) is 0 Å². The molecular formula is C12H14N4O2S2. The van der Waals surface area contributed by atoms with Gasteiger partial charge in [-0.05, 0) is 30.7 Å². The fraction of sp³-hybridized carbons (Fsp3) is 0.333. The number of aromatic nitrogens is 3. The number of rotatable bonds is 4. The highest BCUT2D eigenvalue weighted by Crippen LogP contribution is 2.26. The van der Waals surface area contributed by atoms with Crippen LogP contribution in [-0.4, -0.2) is 41.1 Å². The summed E-state index contributed by atoms with van der Waals surface area (Å²) in [5, 5.41) is 10.6. The molecule has 2 aromatic rings. The summed E-state index contributed by atoms with van der Waals surface area (Å²) in [7, 11) is -2.84. The Kier molecular flexibility index (Phi) is 3.66. The molecule has 0 radical (unpaired) electrons. The number of hydrogen-bond acceptors (Lipinski definition) is 6. The molecule has 106 valence electrons. The number of aromatic amines is 1. The third kappa shape index (κ3) is 3.31. The first-order chi connectivity index (χ1) is 9.61. The van der Waals surface area contributed by atoms with Gasteiger partial charge in [0, 0.05) is 16.6 Å². The maximum absolute atomic E-state index is 11.4. The Hall–Kier alpha value is -1.54. The highest BCUT2D eigenvalue weighted by molar-refractivity contribution is 7.99. The van der Waals surface area contributed by atoms with Crippen LogP contribution >= 0.6 is 11.8 Å². The van der Waals surface area contributed by atoms with Crippen molar-refractivity contribution in [3.8, 4) is 0 Å². The highest BCUT2D eigenvalue weighted by Gasteiger charge is 2.27. The van der Waals surface area contributed by atoms with E-state index in [1.807, 2.05) is 24.3 Å². The largest absolute Gasteiger partial charge is 0.381 e. The molecule has 1 aliphatic heterocycles. The number of nitrogens with one attached hydrogen (secondary N) is 2. The number of anilines is 1. The summed E-state index contributed by atoms with van der Waals surface area (Å²) in [5.74, 6) is 0.506. The molecule has 2 heterocycles. The molecule has 6 nitrogen and oxygen atoms in total. The van der Waals surface area contributed by atoms with Gasteiger partial charge in [0.15, 0.2) is 15.0 Å². The van der Waals surface area contributed by atoms with Gasteiger partial charge in [-0.25, -0.2) is 13.4 Å². The summed E-state index contributed by atoms with van der Waals surface area (Å²) in [6, 6.07) is 7.86. The van der Waals surface area contributed by atoms with Crippen LogP contribution < -0.4 is 5.32 Å². The summed E-state index contributed by atoms with van der Waals surface area (Å²) >= 11 is 1.49. The molecule has 0 bridgehead atoms. The molecule has 1 saturated heterocycles. The third-order valence-corrected chi connectivity index (χ3v) is 5.73. The molecule has 0 spiro atoms.